The van der Waals surface area contributed by atoms with Gasteiger partial charge in [0.1, 0.15) is 24.2 Å². The Morgan fingerprint density at radius 2 is 2.00 bits per heavy atom. The summed E-state index contributed by atoms with van der Waals surface area (Å²) in [5.74, 6) is 1.22. The minimum absolute atomic E-state index is 0.210. The van der Waals surface area contributed by atoms with Crippen molar-refractivity contribution >= 4 is 5.91 Å². The maximum absolute atomic E-state index is 12.0. The highest BCUT2D eigenvalue weighted by Crippen LogP contribution is 2.24. The first kappa shape index (κ1) is 12.2. The number of nitrogens with zero attached hydrogens (tertiary/aromatic N) is 3. The number of hydrogen-bond acceptors (Lipinski definition) is 5. The molecule has 3 rings (SSSR count). The topological polar surface area (TPSA) is 70.2 Å². The number of carbonyl (C=O) groups is 1. The Morgan fingerprint density at radius 1 is 1.20 bits per heavy atom. The summed E-state index contributed by atoms with van der Waals surface area (Å²) in [6.07, 6.45) is 2.63. The van der Waals surface area contributed by atoms with Crippen LogP contribution < -0.4 is 4.74 Å². The number of carbonyl (C=O) groups excluding carboxylic acids is 1. The highest BCUT2D eigenvalue weighted by Gasteiger charge is 2.14. The summed E-state index contributed by atoms with van der Waals surface area (Å²) < 4.78 is 11.8. The first-order valence-electron chi connectivity index (χ1n) is 5.91. The second kappa shape index (κ2) is 5.00. The van der Waals surface area contributed by atoms with Crippen molar-refractivity contribution < 1.29 is 13.9 Å². The zero-order chi connectivity index (χ0) is 13.9. The molecule has 0 aliphatic carbocycles. The van der Waals surface area contributed by atoms with Gasteiger partial charge in [-0.05, 0) is 36.4 Å². The summed E-state index contributed by atoms with van der Waals surface area (Å²) >= 11 is 0. The highest BCUT2D eigenvalue weighted by atomic mass is 16.5. The molecule has 0 amide bonds. The van der Waals surface area contributed by atoms with Gasteiger partial charge in [0.05, 0.1) is 7.11 Å². The van der Waals surface area contributed by atoms with Gasteiger partial charge >= 0.3 is 5.91 Å². The van der Waals surface area contributed by atoms with E-state index >= 15 is 0 Å². The van der Waals surface area contributed by atoms with Crippen molar-refractivity contribution in [2.24, 2.45) is 0 Å². The Hall–Kier alpha value is -2.89. The van der Waals surface area contributed by atoms with Crippen LogP contribution in [-0.2, 0) is 0 Å². The van der Waals surface area contributed by atoms with Gasteiger partial charge in [0.2, 0.25) is 0 Å². The zero-order valence-corrected chi connectivity index (χ0v) is 10.7. The van der Waals surface area contributed by atoms with E-state index in [0.717, 1.165) is 16.0 Å². The van der Waals surface area contributed by atoms with Crippen LogP contribution in [-0.4, -0.2) is 27.8 Å². The average Bonchev–Trinajstić information content (AvgIpc) is 3.18. The third kappa shape index (κ3) is 2.18. The molecule has 0 aliphatic rings. The van der Waals surface area contributed by atoms with Gasteiger partial charge in [-0.3, -0.25) is 4.79 Å². The van der Waals surface area contributed by atoms with Crippen LogP contribution in [0.1, 0.15) is 10.6 Å². The van der Waals surface area contributed by atoms with Crippen molar-refractivity contribution in [3.63, 3.8) is 0 Å². The van der Waals surface area contributed by atoms with Gasteiger partial charge in [0.25, 0.3) is 0 Å². The van der Waals surface area contributed by atoms with Gasteiger partial charge in [-0.2, -0.15) is 9.78 Å². The molecule has 0 bridgehead atoms. The summed E-state index contributed by atoms with van der Waals surface area (Å²) in [7, 11) is 1.61. The lowest BCUT2D eigenvalue weighted by Gasteiger charge is -2.00. The fraction of sp³-hybridized carbons (Fsp3) is 0.0714. The normalized spacial score (nSPS) is 10.4. The molecule has 2 heterocycles. The predicted octanol–water partition coefficient (Wildman–Crippen LogP) is 2.24. The molecular formula is C14H11N3O3. The van der Waals surface area contributed by atoms with Gasteiger partial charge in [-0.25, -0.2) is 4.98 Å². The molecule has 0 spiro atoms. The fourth-order valence-corrected chi connectivity index (χ4v) is 1.79. The van der Waals surface area contributed by atoms with Crippen LogP contribution in [0.2, 0.25) is 0 Å². The van der Waals surface area contributed by atoms with Crippen LogP contribution in [0, 0.1) is 0 Å². The van der Waals surface area contributed by atoms with Gasteiger partial charge in [-0.1, -0.05) is 0 Å². The van der Waals surface area contributed by atoms with Crippen LogP contribution in [0.15, 0.2) is 53.5 Å². The Balaban J connectivity index is 1.88. The van der Waals surface area contributed by atoms with Crippen molar-refractivity contribution in [1.29, 1.82) is 0 Å². The molecule has 20 heavy (non-hydrogen) atoms. The molecular weight excluding hydrogens is 258 g/mol. The van der Waals surface area contributed by atoms with Crippen LogP contribution >= 0.6 is 0 Å². The van der Waals surface area contributed by atoms with E-state index < -0.39 is 0 Å². The maximum Gasteiger partial charge on any atom is 0.315 e. The molecule has 6 nitrogen and oxygen atoms in total. The molecule has 0 aliphatic heterocycles. The molecule has 0 atom stereocenters. The van der Waals surface area contributed by atoms with Crippen molar-refractivity contribution in [3.05, 3.63) is 54.8 Å². The third-order valence-electron chi connectivity index (χ3n) is 2.82. The lowest BCUT2D eigenvalue weighted by molar-refractivity contribution is 0.0917. The number of benzene rings is 1. The van der Waals surface area contributed by atoms with Crippen LogP contribution in [0.4, 0.5) is 0 Å². The van der Waals surface area contributed by atoms with Crippen molar-refractivity contribution in [2.75, 3.05) is 7.11 Å². The van der Waals surface area contributed by atoms with E-state index in [4.69, 9.17) is 9.15 Å². The molecule has 6 heteroatoms. The number of ether oxygens (including phenoxy) is 1. The van der Waals surface area contributed by atoms with Gasteiger partial charge in [-0.15, -0.1) is 0 Å². The second-order valence-corrected chi connectivity index (χ2v) is 4.04. The molecule has 100 valence electrons. The molecule has 0 radical (unpaired) electrons. The summed E-state index contributed by atoms with van der Waals surface area (Å²) in [5.41, 5.74) is 0.864. The van der Waals surface area contributed by atoms with E-state index in [1.54, 1.807) is 19.2 Å². The van der Waals surface area contributed by atoms with E-state index in [1.165, 1.54) is 12.7 Å². The van der Waals surface area contributed by atoms with E-state index in [9.17, 15) is 4.79 Å². The Kier molecular flexibility index (Phi) is 3.04. The molecule has 2 aromatic heterocycles. The van der Waals surface area contributed by atoms with Crippen molar-refractivity contribution in [1.82, 2.24) is 14.8 Å². The quantitative estimate of drug-likeness (QED) is 0.729. The number of methoxy groups -OCH3 is 1. The molecule has 0 saturated carbocycles. The van der Waals surface area contributed by atoms with Crippen LogP contribution in [0.3, 0.4) is 0 Å². The summed E-state index contributed by atoms with van der Waals surface area (Å²) in [6.45, 7) is 0. The minimum Gasteiger partial charge on any atom is -0.497 e. The van der Waals surface area contributed by atoms with E-state index in [0.29, 0.717) is 5.76 Å². The molecule has 3 aromatic rings. The second-order valence-electron chi connectivity index (χ2n) is 4.04. The molecule has 0 fully saturated rings. The highest BCUT2D eigenvalue weighted by molar-refractivity contribution is 5.93. The Bertz CT molecular complexity index is 714. The van der Waals surface area contributed by atoms with Gasteiger partial charge < -0.3 is 9.15 Å². The molecule has 1 aromatic carbocycles. The SMILES string of the molecule is COc1ccc(-c2ccc(C(=O)n3cncn3)o2)cc1. The predicted molar refractivity (Wildman–Crippen MR) is 70.4 cm³/mol. The third-order valence-corrected chi connectivity index (χ3v) is 2.82. The van der Waals surface area contributed by atoms with Crippen molar-refractivity contribution in [3.8, 4) is 17.1 Å². The summed E-state index contributed by atoms with van der Waals surface area (Å²) in [5, 5.41) is 3.78. The van der Waals surface area contributed by atoms with Crippen LogP contribution in [0.25, 0.3) is 11.3 Å². The Labute approximate surface area is 114 Å². The monoisotopic (exact) mass is 269 g/mol. The number of hydrogen-bond donors (Lipinski definition) is 0. The lowest BCUT2D eigenvalue weighted by atomic mass is 10.2. The zero-order valence-electron chi connectivity index (χ0n) is 10.7. The molecule has 0 N–H and O–H groups in total. The van der Waals surface area contributed by atoms with Crippen molar-refractivity contribution in [2.45, 2.75) is 0 Å². The number of furan rings is 1. The van der Waals surface area contributed by atoms with Crippen LogP contribution in [0.5, 0.6) is 5.75 Å². The summed E-state index contributed by atoms with van der Waals surface area (Å²) in [6, 6.07) is 10.7. The first-order valence-corrected chi connectivity index (χ1v) is 5.91. The minimum atomic E-state index is -0.359. The Morgan fingerprint density at radius 3 is 2.65 bits per heavy atom. The molecule has 0 unspecified atom stereocenters. The molecule has 0 saturated heterocycles. The number of rotatable bonds is 3. The van der Waals surface area contributed by atoms with E-state index in [1.807, 2.05) is 24.3 Å². The summed E-state index contributed by atoms with van der Waals surface area (Å²) in [4.78, 5) is 15.7. The standard InChI is InChI=1S/C14H11N3O3/c1-19-11-4-2-10(3-5-11)12-6-7-13(20-12)14(18)17-9-15-8-16-17/h2-9H,1H3. The smallest absolute Gasteiger partial charge is 0.315 e. The fourth-order valence-electron chi connectivity index (χ4n) is 1.79. The van der Waals surface area contributed by atoms with E-state index in [-0.39, 0.29) is 11.7 Å². The lowest BCUT2D eigenvalue weighted by Crippen LogP contribution is -2.11. The first-order chi connectivity index (χ1) is 9.78. The maximum atomic E-state index is 12.0. The van der Waals surface area contributed by atoms with Gasteiger partial charge in [0, 0.05) is 5.56 Å². The average molecular weight is 269 g/mol. The van der Waals surface area contributed by atoms with Gasteiger partial charge in [0.15, 0.2) is 5.76 Å². The number of aromatic nitrogens is 3. The van der Waals surface area contributed by atoms with E-state index in [2.05, 4.69) is 10.1 Å². The largest absolute Gasteiger partial charge is 0.497 e.